The molecule has 8 nitrogen and oxygen atoms in total. The number of esters is 1. The number of carbonyl (C=O) groups excluding carboxylic acids is 1. The minimum absolute atomic E-state index is 0.0869. The molecular weight excluding hydrogens is 432 g/mol. The van der Waals surface area contributed by atoms with Gasteiger partial charge in [-0.25, -0.2) is 13.2 Å². The third kappa shape index (κ3) is 3.92. The predicted molar refractivity (Wildman–Crippen MR) is 115 cm³/mol. The molecule has 0 aliphatic carbocycles. The molecule has 0 unspecified atom stereocenters. The lowest BCUT2D eigenvalue weighted by Crippen LogP contribution is -2.27. The average Bonchev–Trinajstić information content (AvgIpc) is 3.57. The van der Waals surface area contributed by atoms with Crippen LogP contribution in [0.2, 0.25) is 0 Å². The van der Waals surface area contributed by atoms with Crippen LogP contribution in [0.3, 0.4) is 0 Å². The maximum absolute atomic E-state index is 12.6. The third-order valence-corrected chi connectivity index (χ3v) is 7.28. The Kier molecular flexibility index (Phi) is 5.28. The molecule has 1 aliphatic rings. The van der Waals surface area contributed by atoms with Gasteiger partial charge < -0.3 is 13.7 Å². The summed E-state index contributed by atoms with van der Waals surface area (Å²) in [6.07, 6.45) is 1.73. The Morgan fingerprint density at radius 3 is 2.50 bits per heavy atom. The number of aromatic nitrogens is 1. The van der Waals surface area contributed by atoms with Crippen LogP contribution < -0.4 is 0 Å². The van der Waals surface area contributed by atoms with Crippen LogP contribution in [-0.4, -0.2) is 36.9 Å². The van der Waals surface area contributed by atoms with E-state index in [-0.39, 0.29) is 17.1 Å². The van der Waals surface area contributed by atoms with Crippen molar-refractivity contribution in [1.82, 2.24) is 9.46 Å². The fourth-order valence-electron chi connectivity index (χ4n) is 3.66. The van der Waals surface area contributed by atoms with Gasteiger partial charge in [0.25, 0.3) is 0 Å². The molecule has 32 heavy (non-hydrogen) atoms. The van der Waals surface area contributed by atoms with Crippen molar-refractivity contribution in [2.75, 3.05) is 13.1 Å². The van der Waals surface area contributed by atoms with Gasteiger partial charge in [-0.05, 0) is 49.2 Å². The highest BCUT2D eigenvalue weighted by Gasteiger charge is 2.27. The van der Waals surface area contributed by atoms with Gasteiger partial charge in [0, 0.05) is 24.5 Å². The van der Waals surface area contributed by atoms with Gasteiger partial charge in [0.05, 0.1) is 10.5 Å². The van der Waals surface area contributed by atoms with Crippen LogP contribution in [0.1, 0.15) is 28.9 Å². The number of ether oxygens (including phenoxy) is 1. The molecule has 0 bridgehead atoms. The minimum atomic E-state index is -3.52. The second-order valence-corrected chi connectivity index (χ2v) is 9.48. The smallest absolute Gasteiger partial charge is 0.338 e. The van der Waals surface area contributed by atoms with Crippen molar-refractivity contribution in [3.05, 3.63) is 71.9 Å². The van der Waals surface area contributed by atoms with E-state index in [1.54, 1.807) is 6.07 Å². The highest BCUT2D eigenvalue weighted by Crippen LogP contribution is 2.28. The Balaban J connectivity index is 1.23. The monoisotopic (exact) mass is 452 g/mol. The molecule has 9 heteroatoms. The normalized spacial score (nSPS) is 14.8. The van der Waals surface area contributed by atoms with E-state index in [1.165, 1.54) is 28.6 Å². The summed E-state index contributed by atoms with van der Waals surface area (Å²) in [5.74, 6) is 0.387. The summed E-state index contributed by atoms with van der Waals surface area (Å²) in [4.78, 5) is 12.5. The van der Waals surface area contributed by atoms with Gasteiger partial charge in [0.2, 0.25) is 15.8 Å². The van der Waals surface area contributed by atoms with Crippen molar-refractivity contribution in [1.29, 1.82) is 0 Å². The van der Waals surface area contributed by atoms with Crippen LogP contribution >= 0.6 is 0 Å². The van der Waals surface area contributed by atoms with E-state index in [4.69, 9.17) is 13.7 Å². The minimum Gasteiger partial charge on any atom is -0.455 e. The molecule has 1 aliphatic heterocycles. The van der Waals surface area contributed by atoms with E-state index in [1.807, 2.05) is 30.3 Å². The van der Waals surface area contributed by atoms with Gasteiger partial charge in [-0.3, -0.25) is 0 Å². The first-order valence-electron chi connectivity index (χ1n) is 10.2. The highest BCUT2D eigenvalue weighted by molar-refractivity contribution is 7.89. The standard InChI is InChI=1S/C23H20N2O6S/c26-23(16-7-9-19(10-8-16)32(27,28)25-11-3-4-12-25)29-15-18-14-22(31-24-18)21-13-17-5-1-2-6-20(17)30-21/h1-2,5-10,13-14H,3-4,11-12,15H2. The quantitative estimate of drug-likeness (QED) is 0.403. The summed E-state index contributed by atoms with van der Waals surface area (Å²) in [6.45, 7) is 0.968. The molecule has 5 rings (SSSR count). The Hall–Kier alpha value is -3.43. The first-order chi connectivity index (χ1) is 15.5. The number of fused-ring (bicyclic) bond motifs is 1. The highest BCUT2D eigenvalue weighted by atomic mass is 32.2. The summed E-state index contributed by atoms with van der Waals surface area (Å²) in [7, 11) is -3.52. The second-order valence-electron chi connectivity index (χ2n) is 7.54. The first-order valence-corrected chi connectivity index (χ1v) is 11.7. The van der Waals surface area contributed by atoms with E-state index in [0.29, 0.717) is 30.3 Å². The SMILES string of the molecule is O=C(OCc1cc(-c2cc3ccccc3o2)on1)c1ccc(S(=O)(=O)N2CCCC2)cc1. The Labute approximate surface area is 184 Å². The van der Waals surface area contributed by atoms with E-state index < -0.39 is 16.0 Å². The summed E-state index contributed by atoms with van der Waals surface area (Å²) < 4.78 is 43.0. The van der Waals surface area contributed by atoms with Gasteiger partial charge in [0.15, 0.2) is 5.76 Å². The molecule has 0 saturated carbocycles. The molecule has 0 spiro atoms. The predicted octanol–water partition coefficient (Wildman–Crippen LogP) is 4.23. The summed E-state index contributed by atoms with van der Waals surface area (Å²) >= 11 is 0. The number of para-hydroxylation sites is 1. The molecule has 1 saturated heterocycles. The molecule has 3 heterocycles. The molecule has 1 fully saturated rings. The summed E-state index contributed by atoms with van der Waals surface area (Å²) in [6, 6.07) is 16.9. The fraction of sp³-hybridized carbons (Fsp3) is 0.217. The van der Waals surface area contributed by atoms with Gasteiger partial charge in [-0.1, -0.05) is 23.4 Å². The van der Waals surface area contributed by atoms with Crippen molar-refractivity contribution < 1.29 is 26.9 Å². The van der Waals surface area contributed by atoms with Crippen molar-refractivity contribution in [3.63, 3.8) is 0 Å². The molecule has 0 amide bonds. The van der Waals surface area contributed by atoms with Gasteiger partial charge in [-0.2, -0.15) is 4.31 Å². The van der Waals surface area contributed by atoms with Gasteiger partial charge >= 0.3 is 5.97 Å². The number of furan rings is 1. The first kappa shape index (κ1) is 20.5. The largest absolute Gasteiger partial charge is 0.455 e. The van der Waals surface area contributed by atoms with Crippen LogP contribution in [0.4, 0.5) is 0 Å². The van der Waals surface area contributed by atoms with Gasteiger partial charge in [-0.15, -0.1) is 0 Å². The second kappa shape index (κ2) is 8.25. The third-order valence-electron chi connectivity index (χ3n) is 5.37. The number of nitrogens with zero attached hydrogens (tertiary/aromatic N) is 2. The zero-order valence-electron chi connectivity index (χ0n) is 17.1. The fourth-order valence-corrected chi connectivity index (χ4v) is 5.18. The van der Waals surface area contributed by atoms with Crippen LogP contribution in [0.15, 0.2) is 74.5 Å². The lowest BCUT2D eigenvalue weighted by Gasteiger charge is -2.15. The Morgan fingerprint density at radius 2 is 1.75 bits per heavy atom. The summed E-state index contributed by atoms with van der Waals surface area (Å²) in [5.41, 5.74) is 1.43. The van der Waals surface area contributed by atoms with E-state index >= 15 is 0 Å². The van der Waals surface area contributed by atoms with E-state index in [9.17, 15) is 13.2 Å². The molecule has 2 aromatic carbocycles. The molecule has 0 atom stereocenters. The van der Waals surface area contributed by atoms with Crippen molar-refractivity contribution in [2.45, 2.75) is 24.3 Å². The Bertz CT molecular complexity index is 1330. The zero-order chi connectivity index (χ0) is 22.1. The zero-order valence-corrected chi connectivity index (χ0v) is 17.9. The number of rotatable bonds is 6. The number of carbonyl (C=O) groups is 1. The van der Waals surface area contributed by atoms with Crippen molar-refractivity contribution in [2.24, 2.45) is 0 Å². The molecule has 164 valence electrons. The average molecular weight is 452 g/mol. The maximum Gasteiger partial charge on any atom is 0.338 e. The lowest BCUT2D eigenvalue weighted by molar-refractivity contribution is 0.0464. The number of benzene rings is 2. The Morgan fingerprint density at radius 1 is 1.00 bits per heavy atom. The van der Waals surface area contributed by atoms with Crippen LogP contribution in [0.25, 0.3) is 22.5 Å². The lowest BCUT2D eigenvalue weighted by atomic mass is 10.2. The molecular formula is C23H20N2O6S. The van der Waals surface area contributed by atoms with Gasteiger partial charge in [0.1, 0.15) is 17.9 Å². The maximum atomic E-state index is 12.6. The summed E-state index contributed by atoms with van der Waals surface area (Å²) in [5, 5.41) is 4.87. The van der Waals surface area contributed by atoms with Crippen molar-refractivity contribution in [3.8, 4) is 11.5 Å². The van der Waals surface area contributed by atoms with Crippen LogP contribution in [0.5, 0.6) is 0 Å². The number of hydrogen-bond donors (Lipinski definition) is 0. The molecule has 0 N–H and O–H groups in total. The molecule has 0 radical (unpaired) electrons. The number of hydrogen-bond acceptors (Lipinski definition) is 7. The van der Waals surface area contributed by atoms with E-state index in [0.717, 1.165) is 23.8 Å². The topological polar surface area (TPSA) is 103 Å². The van der Waals surface area contributed by atoms with Crippen LogP contribution in [0, 0.1) is 0 Å². The van der Waals surface area contributed by atoms with Crippen molar-refractivity contribution >= 4 is 27.0 Å². The van der Waals surface area contributed by atoms with E-state index in [2.05, 4.69) is 5.16 Å². The molecule has 2 aromatic heterocycles. The molecule has 4 aromatic rings. The van der Waals surface area contributed by atoms with Crippen LogP contribution in [-0.2, 0) is 21.4 Å². The number of sulfonamides is 1.